The van der Waals surface area contributed by atoms with Gasteiger partial charge in [0.15, 0.2) is 0 Å². The van der Waals surface area contributed by atoms with Crippen LogP contribution in [-0.2, 0) is 22.2 Å². The average molecular weight is 210 g/mol. The molecular formula is C6H10O4S2-2. The molecule has 0 saturated carbocycles. The zero-order chi connectivity index (χ0) is 10.1. The molecule has 0 rings (SSSR count). The Morgan fingerprint density at radius 3 is 1.75 bits per heavy atom. The fourth-order valence-corrected chi connectivity index (χ4v) is 0.204. The molecule has 0 fully saturated rings. The van der Waals surface area contributed by atoms with Crippen molar-refractivity contribution < 1.29 is 17.5 Å². The zero-order valence-electron chi connectivity index (χ0n) is 6.81. The normalized spacial score (nSPS) is 14.0. The highest BCUT2D eigenvalue weighted by Gasteiger charge is 1.85. The van der Waals surface area contributed by atoms with E-state index in [0.29, 0.717) is 0 Å². The van der Waals surface area contributed by atoms with Crippen molar-refractivity contribution in [3.05, 3.63) is 0 Å². The van der Waals surface area contributed by atoms with E-state index in [4.69, 9.17) is 0 Å². The molecular weight excluding hydrogens is 200 g/mol. The average Bonchev–Trinajstić information content (AvgIpc) is 1.87. The molecule has 0 aliphatic rings. The van der Waals surface area contributed by atoms with E-state index in [0.717, 1.165) is 0 Å². The minimum atomic E-state index is -2.05. The summed E-state index contributed by atoms with van der Waals surface area (Å²) >= 11 is -3.92. The maximum absolute atomic E-state index is 9.70. The minimum absolute atomic E-state index is 0.181. The largest absolute Gasteiger partial charge is 0.772 e. The number of hydrogen-bond donors (Lipinski definition) is 0. The first kappa shape index (κ1) is 14.3. The fourth-order valence-electron chi connectivity index (χ4n) is 0.0680. The first-order valence-corrected chi connectivity index (χ1v) is 5.37. The SMILES string of the molecule is C#CCS(=O)[O-].CC(C)S(=O)[O-]. The molecule has 0 aromatic rings. The predicted molar refractivity (Wildman–Crippen MR) is 46.7 cm³/mol. The topological polar surface area (TPSA) is 80.3 Å². The first-order chi connectivity index (χ1) is 5.41. The van der Waals surface area contributed by atoms with Gasteiger partial charge in [0.2, 0.25) is 0 Å². The van der Waals surface area contributed by atoms with Gasteiger partial charge in [0.1, 0.15) is 0 Å². The van der Waals surface area contributed by atoms with Crippen LogP contribution in [-0.4, -0.2) is 28.5 Å². The minimum Gasteiger partial charge on any atom is -0.772 e. The number of rotatable bonds is 2. The summed E-state index contributed by atoms with van der Waals surface area (Å²) in [6, 6.07) is 0. The summed E-state index contributed by atoms with van der Waals surface area (Å²) in [5, 5.41) is -0.231. The summed E-state index contributed by atoms with van der Waals surface area (Å²) in [4.78, 5) is 0. The van der Waals surface area contributed by atoms with Gasteiger partial charge < -0.3 is 9.11 Å². The van der Waals surface area contributed by atoms with Crippen LogP contribution in [0.15, 0.2) is 0 Å². The van der Waals surface area contributed by atoms with Crippen molar-refractivity contribution in [1.82, 2.24) is 0 Å². The molecule has 0 saturated heterocycles. The molecule has 4 nitrogen and oxygen atoms in total. The Labute approximate surface area is 77.3 Å². The molecule has 0 bridgehead atoms. The van der Waals surface area contributed by atoms with Gasteiger partial charge in [0, 0.05) is 5.25 Å². The summed E-state index contributed by atoms with van der Waals surface area (Å²) in [6.45, 7) is 3.26. The molecule has 0 radical (unpaired) electrons. The van der Waals surface area contributed by atoms with Crippen molar-refractivity contribution in [1.29, 1.82) is 0 Å². The Balaban J connectivity index is 0. The molecule has 12 heavy (non-hydrogen) atoms. The molecule has 2 unspecified atom stereocenters. The summed E-state index contributed by atoms with van der Waals surface area (Å²) in [7, 11) is 0. The monoisotopic (exact) mass is 210 g/mol. The van der Waals surface area contributed by atoms with E-state index in [9.17, 15) is 17.5 Å². The van der Waals surface area contributed by atoms with Crippen molar-refractivity contribution in [2.75, 3.05) is 5.75 Å². The van der Waals surface area contributed by atoms with Gasteiger partial charge in [-0.1, -0.05) is 30.8 Å². The van der Waals surface area contributed by atoms with Crippen LogP contribution in [0.25, 0.3) is 0 Å². The highest BCUT2D eigenvalue weighted by molar-refractivity contribution is 7.79. The molecule has 0 spiro atoms. The summed E-state index contributed by atoms with van der Waals surface area (Å²) in [6.07, 6.45) is 4.59. The van der Waals surface area contributed by atoms with Crippen LogP contribution in [0.4, 0.5) is 0 Å². The van der Waals surface area contributed by atoms with E-state index in [-0.39, 0.29) is 11.0 Å². The molecule has 2 atom stereocenters. The number of terminal acetylenes is 1. The lowest BCUT2D eigenvalue weighted by atomic mass is 10.6. The second-order valence-corrected chi connectivity index (χ2v) is 4.32. The lowest BCUT2D eigenvalue weighted by molar-refractivity contribution is 0.528. The molecule has 0 amide bonds. The molecule has 0 aromatic heterocycles. The van der Waals surface area contributed by atoms with Gasteiger partial charge in [-0.2, -0.15) is 0 Å². The van der Waals surface area contributed by atoms with Crippen LogP contribution in [0.3, 0.4) is 0 Å². The van der Waals surface area contributed by atoms with Gasteiger partial charge in [0.05, 0.1) is 5.75 Å². The van der Waals surface area contributed by atoms with Crippen LogP contribution in [0.2, 0.25) is 0 Å². The Hall–Kier alpha value is -0.220. The van der Waals surface area contributed by atoms with Crippen molar-refractivity contribution in [3.63, 3.8) is 0 Å². The Kier molecular flexibility index (Phi) is 10.6. The Bertz CT molecular complexity index is 194. The van der Waals surface area contributed by atoms with E-state index >= 15 is 0 Å². The van der Waals surface area contributed by atoms with E-state index < -0.39 is 22.2 Å². The van der Waals surface area contributed by atoms with Crippen LogP contribution in [0.1, 0.15) is 13.8 Å². The van der Waals surface area contributed by atoms with Crippen molar-refractivity contribution in [2.45, 2.75) is 19.1 Å². The third kappa shape index (κ3) is 16.4. The molecule has 0 aromatic carbocycles. The van der Waals surface area contributed by atoms with E-state index in [1.54, 1.807) is 13.8 Å². The van der Waals surface area contributed by atoms with Crippen molar-refractivity contribution >= 4 is 22.2 Å². The first-order valence-electron chi connectivity index (χ1n) is 2.99. The summed E-state index contributed by atoms with van der Waals surface area (Å²) in [5.74, 6) is 1.77. The summed E-state index contributed by atoms with van der Waals surface area (Å²) in [5.41, 5.74) is 0. The molecule has 0 heterocycles. The maximum atomic E-state index is 9.70. The number of hydrogen-bond acceptors (Lipinski definition) is 4. The lowest BCUT2D eigenvalue weighted by Gasteiger charge is -2.05. The molecule has 0 aliphatic carbocycles. The van der Waals surface area contributed by atoms with Gasteiger partial charge in [-0.15, -0.1) is 6.42 Å². The van der Waals surface area contributed by atoms with Crippen LogP contribution < -0.4 is 0 Å². The smallest absolute Gasteiger partial charge is 0.0712 e. The lowest BCUT2D eigenvalue weighted by Crippen LogP contribution is -2.02. The Morgan fingerprint density at radius 2 is 1.75 bits per heavy atom. The summed E-state index contributed by atoms with van der Waals surface area (Å²) < 4.78 is 38.3. The molecule has 6 heteroatoms. The third-order valence-electron chi connectivity index (χ3n) is 0.586. The fraction of sp³-hybridized carbons (Fsp3) is 0.667. The highest BCUT2D eigenvalue weighted by Crippen LogP contribution is 1.84. The van der Waals surface area contributed by atoms with Gasteiger partial charge >= 0.3 is 0 Å². The van der Waals surface area contributed by atoms with Gasteiger partial charge in [-0.3, -0.25) is 8.42 Å². The van der Waals surface area contributed by atoms with Gasteiger partial charge in [-0.25, -0.2) is 0 Å². The zero-order valence-corrected chi connectivity index (χ0v) is 8.44. The van der Waals surface area contributed by atoms with Crippen molar-refractivity contribution in [2.24, 2.45) is 0 Å². The van der Waals surface area contributed by atoms with E-state index in [1.807, 2.05) is 5.92 Å². The molecule has 0 N–H and O–H groups in total. The standard InChI is InChI=1S/C3H8O2S.C3H4O2S/c1-3(2)6(4)5;1-2-3-6(4)5/h3H,1-2H3,(H,4,5);1H,3H2,(H,4,5)/p-2. The van der Waals surface area contributed by atoms with Crippen LogP contribution in [0, 0.1) is 12.3 Å². The second-order valence-electron chi connectivity index (χ2n) is 1.96. The second kappa shape index (κ2) is 8.87. The van der Waals surface area contributed by atoms with E-state index in [1.165, 1.54) is 0 Å². The Morgan fingerprint density at radius 1 is 1.42 bits per heavy atom. The van der Waals surface area contributed by atoms with E-state index in [2.05, 4.69) is 6.42 Å². The van der Waals surface area contributed by atoms with Gasteiger partial charge in [0.25, 0.3) is 0 Å². The third-order valence-corrected chi connectivity index (χ3v) is 1.76. The highest BCUT2D eigenvalue weighted by atomic mass is 32.2. The predicted octanol–water partition coefficient (Wildman–Crippen LogP) is -0.227. The van der Waals surface area contributed by atoms with Gasteiger partial charge in [-0.05, 0) is 11.1 Å². The van der Waals surface area contributed by atoms with Crippen molar-refractivity contribution in [3.8, 4) is 12.3 Å². The van der Waals surface area contributed by atoms with Crippen LogP contribution in [0.5, 0.6) is 0 Å². The molecule has 0 aliphatic heterocycles. The quantitative estimate of drug-likeness (QED) is 0.466. The molecule has 72 valence electrons. The van der Waals surface area contributed by atoms with Crippen LogP contribution >= 0.6 is 0 Å². The maximum Gasteiger partial charge on any atom is 0.0712 e.